The molecule has 1 N–H and O–H groups in total. The van der Waals surface area contributed by atoms with E-state index in [4.69, 9.17) is 4.74 Å². The van der Waals surface area contributed by atoms with Gasteiger partial charge in [-0.2, -0.15) is 10.1 Å². The number of ether oxygens (including phenoxy) is 1. The van der Waals surface area contributed by atoms with Crippen LogP contribution in [0.25, 0.3) is 11.3 Å². The van der Waals surface area contributed by atoms with Crippen molar-refractivity contribution in [3.63, 3.8) is 0 Å². The molecule has 2 aromatic carbocycles. The molecule has 0 spiro atoms. The van der Waals surface area contributed by atoms with Crippen molar-refractivity contribution < 1.29 is 22.3 Å². The number of amides is 1. The molecule has 3 heterocycles. The van der Waals surface area contributed by atoms with Gasteiger partial charge in [-0.25, -0.2) is 22.5 Å². The van der Waals surface area contributed by atoms with Gasteiger partial charge < -0.3 is 9.64 Å². The summed E-state index contributed by atoms with van der Waals surface area (Å²) < 4.78 is 51.2. The van der Waals surface area contributed by atoms with Crippen LogP contribution in [-0.2, 0) is 27.3 Å². The van der Waals surface area contributed by atoms with Crippen LogP contribution in [0.5, 0.6) is 5.88 Å². The number of benzene rings is 2. The number of likely N-dealkylation sites (tertiary alicyclic amines) is 1. The number of hydrogen-bond acceptors (Lipinski definition) is 7. The first kappa shape index (κ1) is 29.7. The van der Waals surface area contributed by atoms with E-state index in [0.29, 0.717) is 37.2 Å². The van der Waals surface area contributed by atoms with Gasteiger partial charge in [0, 0.05) is 30.4 Å². The van der Waals surface area contributed by atoms with Crippen molar-refractivity contribution in [1.82, 2.24) is 24.6 Å². The Balaban J connectivity index is 1.25. The zero-order valence-electron chi connectivity index (χ0n) is 25.0. The number of hydrogen-bond donors (Lipinski definition) is 1. The van der Waals surface area contributed by atoms with E-state index in [1.807, 2.05) is 32.0 Å². The van der Waals surface area contributed by atoms with Crippen LogP contribution < -0.4 is 9.46 Å². The van der Waals surface area contributed by atoms with Gasteiger partial charge in [0.2, 0.25) is 17.7 Å². The maximum atomic E-state index is 15.0. The van der Waals surface area contributed by atoms with Crippen LogP contribution in [-0.4, -0.2) is 58.2 Å². The Morgan fingerprint density at radius 3 is 2.39 bits per heavy atom. The van der Waals surface area contributed by atoms with Crippen LogP contribution in [0, 0.1) is 19.7 Å². The Bertz CT molecular complexity index is 1790. The molecule has 1 amide bonds. The summed E-state index contributed by atoms with van der Waals surface area (Å²) in [5.74, 6) is -0.388. The lowest BCUT2D eigenvalue weighted by Crippen LogP contribution is -2.61. The fourth-order valence-electron chi connectivity index (χ4n) is 6.35. The van der Waals surface area contributed by atoms with Crippen LogP contribution in [0.1, 0.15) is 48.8 Å². The van der Waals surface area contributed by atoms with Gasteiger partial charge in [-0.3, -0.25) is 9.48 Å². The lowest BCUT2D eigenvalue weighted by Gasteiger charge is -2.46. The normalized spacial score (nSPS) is 16.8. The molecular weight excluding hydrogens is 583 g/mol. The molecule has 0 atom stereocenters. The fourth-order valence-corrected chi connectivity index (χ4v) is 7.28. The molecule has 0 unspecified atom stereocenters. The topological polar surface area (TPSA) is 119 Å². The maximum absolute atomic E-state index is 15.0. The Hall–Kier alpha value is -4.32. The number of halogens is 1. The number of carbonyl (C=O) groups is 1. The number of rotatable bonds is 8. The lowest BCUT2D eigenvalue weighted by molar-refractivity contribution is -0.148. The highest BCUT2D eigenvalue weighted by Gasteiger charge is 2.48. The first-order chi connectivity index (χ1) is 21.1. The summed E-state index contributed by atoms with van der Waals surface area (Å²) >= 11 is 0. The zero-order valence-corrected chi connectivity index (χ0v) is 25.8. The van der Waals surface area contributed by atoms with Crippen LogP contribution in [0.4, 0.5) is 10.3 Å². The van der Waals surface area contributed by atoms with Crippen molar-refractivity contribution in [2.24, 2.45) is 7.05 Å². The number of carbonyl (C=O) groups excluding carboxylic acids is 1. The average Bonchev–Trinajstić information content (AvgIpc) is 3.42. The maximum Gasteiger partial charge on any atom is 0.267 e. The highest BCUT2D eigenvalue weighted by atomic mass is 32.2. The van der Waals surface area contributed by atoms with Gasteiger partial charge in [-0.1, -0.05) is 55.7 Å². The number of anilines is 1. The molecule has 2 fully saturated rings. The van der Waals surface area contributed by atoms with E-state index in [1.165, 1.54) is 23.1 Å². The van der Waals surface area contributed by atoms with Crippen LogP contribution in [0.15, 0.2) is 65.8 Å². The fraction of sp³-hybridized carbons (Fsp3) is 0.375. The molecule has 10 nitrogen and oxygen atoms in total. The van der Waals surface area contributed by atoms with Gasteiger partial charge in [0.25, 0.3) is 10.0 Å². The SMILES string of the molecule is Cc1cccc(C)c1-c1cc(OC2CN(C(=O)C3(c4ccccc4F)CCCCC3)C2)nc(NS(=O)(=O)c2cnn(C)c2)n1. The molecule has 1 aliphatic heterocycles. The van der Waals surface area contributed by atoms with Gasteiger partial charge in [-0.05, 0) is 43.9 Å². The number of aryl methyl sites for hydroxylation is 3. The van der Waals surface area contributed by atoms with E-state index in [-0.39, 0.29) is 34.6 Å². The summed E-state index contributed by atoms with van der Waals surface area (Å²) in [6, 6.07) is 14.1. The number of nitrogens with zero attached hydrogens (tertiary/aromatic N) is 5. The Labute approximate surface area is 256 Å². The minimum absolute atomic E-state index is 0.0248. The van der Waals surface area contributed by atoms with Crippen molar-refractivity contribution in [1.29, 1.82) is 0 Å². The molecule has 0 radical (unpaired) electrons. The highest BCUT2D eigenvalue weighted by molar-refractivity contribution is 7.92. The van der Waals surface area contributed by atoms with Gasteiger partial charge >= 0.3 is 0 Å². The summed E-state index contributed by atoms with van der Waals surface area (Å²) in [4.78, 5) is 24.5. The average molecular weight is 619 g/mol. The molecule has 44 heavy (non-hydrogen) atoms. The molecule has 0 bridgehead atoms. The van der Waals surface area contributed by atoms with Gasteiger partial charge in [-0.15, -0.1) is 0 Å². The van der Waals surface area contributed by atoms with Gasteiger partial charge in [0.1, 0.15) is 16.8 Å². The number of nitrogens with one attached hydrogen (secondary N) is 1. The van der Waals surface area contributed by atoms with Crippen LogP contribution >= 0.6 is 0 Å². The molecule has 2 aliphatic rings. The zero-order chi connectivity index (χ0) is 31.1. The molecule has 230 valence electrons. The van der Waals surface area contributed by atoms with Crippen LogP contribution in [0.2, 0.25) is 0 Å². The van der Waals surface area contributed by atoms with Crippen molar-refractivity contribution in [3.05, 3.63) is 83.4 Å². The van der Waals surface area contributed by atoms with E-state index in [2.05, 4.69) is 19.8 Å². The molecule has 1 aliphatic carbocycles. The molecule has 1 saturated carbocycles. The smallest absolute Gasteiger partial charge is 0.267 e. The summed E-state index contributed by atoms with van der Waals surface area (Å²) in [5, 5.41) is 3.95. The Morgan fingerprint density at radius 2 is 1.73 bits per heavy atom. The highest BCUT2D eigenvalue weighted by Crippen LogP contribution is 2.43. The first-order valence-corrected chi connectivity index (χ1v) is 16.2. The third-order valence-electron chi connectivity index (χ3n) is 8.59. The predicted molar refractivity (Wildman–Crippen MR) is 163 cm³/mol. The number of aromatic nitrogens is 4. The third kappa shape index (κ3) is 5.66. The second kappa shape index (κ2) is 11.6. The van der Waals surface area contributed by atoms with Gasteiger partial charge in [0.15, 0.2) is 0 Å². The van der Waals surface area contributed by atoms with Crippen molar-refractivity contribution >= 4 is 21.9 Å². The van der Waals surface area contributed by atoms with E-state index in [1.54, 1.807) is 36.2 Å². The standard InChI is InChI=1S/C32H35FN6O4S/c1-21-10-9-11-22(2)29(21)27-16-28(36-31(35-27)37-44(41,42)24-17-34-38(3)20-24)43-23-18-39(19-23)30(40)32(14-7-4-8-15-32)25-12-5-6-13-26(25)33/h5-6,9-13,16-17,20,23H,4,7-8,14-15,18-19H2,1-3H3,(H,35,36,37). The lowest BCUT2D eigenvalue weighted by atomic mass is 9.68. The third-order valence-corrected chi connectivity index (χ3v) is 9.87. The summed E-state index contributed by atoms with van der Waals surface area (Å²) in [5.41, 5.74) is 2.85. The second-order valence-corrected chi connectivity index (χ2v) is 13.4. The van der Waals surface area contributed by atoms with Gasteiger partial charge in [0.05, 0.1) is 30.4 Å². The molecule has 1 saturated heterocycles. The van der Waals surface area contributed by atoms with Crippen molar-refractivity contribution in [2.75, 3.05) is 17.8 Å². The first-order valence-electron chi connectivity index (χ1n) is 14.7. The van der Waals surface area contributed by atoms with Crippen molar-refractivity contribution in [3.8, 4) is 17.1 Å². The van der Waals surface area contributed by atoms with Crippen molar-refractivity contribution in [2.45, 2.75) is 62.4 Å². The van der Waals surface area contributed by atoms with E-state index >= 15 is 0 Å². The molecule has 2 aromatic heterocycles. The summed E-state index contributed by atoms with van der Waals surface area (Å²) in [7, 11) is -2.39. The molecule has 12 heteroatoms. The summed E-state index contributed by atoms with van der Waals surface area (Å²) in [6.07, 6.45) is 6.24. The van der Waals surface area contributed by atoms with E-state index in [0.717, 1.165) is 36.0 Å². The quantitative estimate of drug-likeness (QED) is 0.298. The Kier molecular flexibility index (Phi) is 7.87. The molecule has 4 aromatic rings. The Morgan fingerprint density at radius 1 is 1.02 bits per heavy atom. The van der Waals surface area contributed by atoms with E-state index < -0.39 is 15.4 Å². The van der Waals surface area contributed by atoms with E-state index in [9.17, 15) is 17.6 Å². The second-order valence-electron chi connectivity index (χ2n) is 11.7. The van der Waals surface area contributed by atoms with Crippen LogP contribution in [0.3, 0.4) is 0 Å². The number of sulfonamides is 1. The monoisotopic (exact) mass is 618 g/mol. The summed E-state index contributed by atoms with van der Waals surface area (Å²) in [6.45, 7) is 4.54. The largest absolute Gasteiger partial charge is 0.470 e. The molecular formula is C32H35FN6O4S. The minimum Gasteiger partial charge on any atom is -0.470 e. The minimum atomic E-state index is -4.02. The molecule has 6 rings (SSSR count). The predicted octanol–water partition coefficient (Wildman–Crippen LogP) is 4.93.